The number of rotatable bonds is 8. The van der Waals surface area contributed by atoms with Crippen molar-refractivity contribution in [2.24, 2.45) is 0 Å². The van der Waals surface area contributed by atoms with Crippen molar-refractivity contribution < 1.29 is 9.84 Å². The monoisotopic (exact) mass is 327 g/mol. The molecule has 2 aliphatic rings. The van der Waals surface area contributed by atoms with Crippen LogP contribution in [0.15, 0.2) is 0 Å². The van der Waals surface area contributed by atoms with Crippen LogP contribution >= 0.6 is 0 Å². The van der Waals surface area contributed by atoms with Crippen molar-refractivity contribution in [3.63, 3.8) is 0 Å². The molecule has 3 unspecified atom stereocenters. The largest absolute Gasteiger partial charge is 0.389 e. The SMILES string of the molecule is CC(C)OCC(O)CN1CCN(CCN2C(C)CCC2C)CC1. The molecular weight excluding hydrogens is 290 g/mol. The van der Waals surface area contributed by atoms with Crippen molar-refractivity contribution in [3.05, 3.63) is 0 Å². The third-order valence-corrected chi connectivity index (χ3v) is 5.36. The van der Waals surface area contributed by atoms with Gasteiger partial charge in [0.15, 0.2) is 0 Å². The number of ether oxygens (including phenoxy) is 1. The molecule has 0 amide bonds. The van der Waals surface area contributed by atoms with E-state index in [1.165, 1.54) is 25.9 Å². The lowest BCUT2D eigenvalue weighted by Gasteiger charge is -2.37. The summed E-state index contributed by atoms with van der Waals surface area (Å²) in [7, 11) is 0. The van der Waals surface area contributed by atoms with Gasteiger partial charge in [0.2, 0.25) is 0 Å². The molecule has 0 spiro atoms. The molecular formula is C18H37N3O2. The van der Waals surface area contributed by atoms with Crippen molar-refractivity contribution in [2.45, 2.75) is 64.8 Å². The standard InChI is InChI=1S/C18H37N3O2/c1-15(2)23-14-18(22)13-20-9-7-19(8-10-20)11-12-21-16(3)5-6-17(21)4/h15-18,22H,5-14H2,1-4H3. The molecule has 5 nitrogen and oxygen atoms in total. The van der Waals surface area contributed by atoms with Gasteiger partial charge in [0.05, 0.1) is 18.8 Å². The van der Waals surface area contributed by atoms with Crippen LogP contribution in [-0.2, 0) is 4.74 Å². The molecule has 2 heterocycles. The molecule has 0 aromatic rings. The maximum absolute atomic E-state index is 10.0. The van der Waals surface area contributed by atoms with Crippen LogP contribution < -0.4 is 0 Å². The molecule has 2 fully saturated rings. The van der Waals surface area contributed by atoms with Crippen molar-refractivity contribution in [3.8, 4) is 0 Å². The van der Waals surface area contributed by atoms with Gasteiger partial charge in [-0.3, -0.25) is 14.7 Å². The summed E-state index contributed by atoms with van der Waals surface area (Å²) in [6.45, 7) is 16.7. The Balaban J connectivity index is 1.60. The predicted octanol–water partition coefficient (Wildman–Crippen LogP) is 1.26. The zero-order valence-electron chi connectivity index (χ0n) is 15.6. The van der Waals surface area contributed by atoms with Crippen LogP contribution in [0.3, 0.4) is 0 Å². The fourth-order valence-corrected chi connectivity index (χ4v) is 3.80. The molecule has 0 bridgehead atoms. The normalized spacial score (nSPS) is 29.5. The number of β-amino-alcohol motifs (C(OH)–C–C–N with tert-alkyl or cyclic N) is 1. The maximum atomic E-state index is 10.0. The van der Waals surface area contributed by atoms with Gasteiger partial charge < -0.3 is 9.84 Å². The third kappa shape index (κ3) is 6.31. The Kier molecular flexibility index (Phi) is 7.76. The summed E-state index contributed by atoms with van der Waals surface area (Å²) in [6, 6.07) is 1.50. The first-order chi connectivity index (χ1) is 11.0. The Bertz CT molecular complexity index is 322. The van der Waals surface area contributed by atoms with E-state index in [0.717, 1.165) is 44.8 Å². The van der Waals surface area contributed by atoms with Gasteiger partial charge in [0.25, 0.3) is 0 Å². The number of hydrogen-bond donors (Lipinski definition) is 1. The van der Waals surface area contributed by atoms with E-state index in [9.17, 15) is 5.11 Å². The van der Waals surface area contributed by atoms with Gasteiger partial charge in [-0.1, -0.05) is 0 Å². The van der Waals surface area contributed by atoms with E-state index in [2.05, 4.69) is 28.5 Å². The first kappa shape index (κ1) is 19.1. The van der Waals surface area contributed by atoms with E-state index < -0.39 is 0 Å². The topological polar surface area (TPSA) is 39.2 Å². The number of likely N-dealkylation sites (tertiary alicyclic amines) is 1. The molecule has 0 aromatic heterocycles. The summed E-state index contributed by atoms with van der Waals surface area (Å²) in [6.07, 6.45) is 2.53. The van der Waals surface area contributed by atoms with Gasteiger partial charge in [0.1, 0.15) is 0 Å². The third-order valence-electron chi connectivity index (χ3n) is 5.36. The molecule has 136 valence electrons. The van der Waals surface area contributed by atoms with Gasteiger partial charge in [-0.25, -0.2) is 0 Å². The molecule has 0 radical (unpaired) electrons. The lowest BCUT2D eigenvalue weighted by molar-refractivity contribution is -0.0149. The Morgan fingerprint density at radius 1 is 0.957 bits per heavy atom. The van der Waals surface area contributed by atoms with Crippen LogP contribution in [0.2, 0.25) is 0 Å². The maximum Gasteiger partial charge on any atom is 0.0900 e. The molecule has 0 aromatic carbocycles. The summed E-state index contributed by atoms with van der Waals surface area (Å²) in [5, 5.41) is 10.0. The van der Waals surface area contributed by atoms with Crippen molar-refractivity contribution in [1.29, 1.82) is 0 Å². The number of aliphatic hydroxyl groups is 1. The molecule has 23 heavy (non-hydrogen) atoms. The molecule has 2 saturated heterocycles. The highest BCUT2D eigenvalue weighted by Crippen LogP contribution is 2.22. The average molecular weight is 328 g/mol. The molecule has 2 aliphatic heterocycles. The second-order valence-electron chi connectivity index (χ2n) is 7.69. The van der Waals surface area contributed by atoms with Crippen molar-refractivity contribution in [1.82, 2.24) is 14.7 Å². The highest BCUT2D eigenvalue weighted by Gasteiger charge is 2.27. The minimum absolute atomic E-state index is 0.192. The van der Waals surface area contributed by atoms with E-state index in [4.69, 9.17) is 4.74 Å². The molecule has 1 N–H and O–H groups in total. The summed E-state index contributed by atoms with van der Waals surface area (Å²) >= 11 is 0. The zero-order chi connectivity index (χ0) is 16.8. The van der Waals surface area contributed by atoms with Crippen LogP contribution in [0.1, 0.15) is 40.5 Å². The van der Waals surface area contributed by atoms with Gasteiger partial charge >= 0.3 is 0 Å². The van der Waals surface area contributed by atoms with E-state index in [-0.39, 0.29) is 12.2 Å². The number of hydrogen-bond acceptors (Lipinski definition) is 5. The quantitative estimate of drug-likeness (QED) is 0.727. The predicted molar refractivity (Wildman–Crippen MR) is 94.8 cm³/mol. The Hall–Kier alpha value is -0.200. The van der Waals surface area contributed by atoms with Crippen LogP contribution in [0.5, 0.6) is 0 Å². The van der Waals surface area contributed by atoms with E-state index in [1.54, 1.807) is 0 Å². The smallest absolute Gasteiger partial charge is 0.0900 e. The summed E-state index contributed by atoms with van der Waals surface area (Å²) < 4.78 is 5.49. The minimum atomic E-state index is -0.366. The van der Waals surface area contributed by atoms with Crippen LogP contribution in [-0.4, -0.2) is 96.5 Å². The molecule has 0 saturated carbocycles. The average Bonchev–Trinajstić information content (AvgIpc) is 2.83. The van der Waals surface area contributed by atoms with Crippen LogP contribution in [0.4, 0.5) is 0 Å². The van der Waals surface area contributed by atoms with E-state index >= 15 is 0 Å². The van der Waals surface area contributed by atoms with Crippen LogP contribution in [0, 0.1) is 0 Å². The van der Waals surface area contributed by atoms with E-state index in [0.29, 0.717) is 6.61 Å². The molecule has 2 rings (SSSR count). The number of piperazine rings is 1. The van der Waals surface area contributed by atoms with E-state index in [1.807, 2.05) is 13.8 Å². The molecule has 0 aliphatic carbocycles. The highest BCUT2D eigenvalue weighted by molar-refractivity contribution is 4.83. The summed E-state index contributed by atoms with van der Waals surface area (Å²) in [5.74, 6) is 0. The van der Waals surface area contributed by atoms with Gasteiger partial charge in [-0.2, -0.15) is 0 Å². The Morgan fingerprint density at radius 3 is 2.09 bits per heavy atom. The summed E-state index contributed by atoms with van der Waals surface area (Å²) in [4.78, 5) is 7.61. The van der Waals surface area contributed by atoms with Gasteiger partial charge in [-0.05, 0) is 40.5 Å². The van der Waals surface area contributed by atoms with Gasteiger partial charge in [-0.15, -0.1) is 0 Å². The molecule has 5 heteroatoms. The first-order valence-corrected chi connectivity index (χ1v) is 9.45. The second kappa shape index (κ2) is 9.33. The Morgan fingerprint density at radius 2 is 1.52 bits per heavy atom. The fourth-order valence-electron chi connectivity index (χ4n) is 3.80. The lowest BCUT2D eigenvalue weighted by Crippen LogP contribution is -2.51. The fraction of sp³-hybridized carbons (Fsp3) is 1.00. The summed E-state index contributed by atoms with van der Waals surface area (Å²) in [5.41, 5.74) is 0. The number of nitrogens with zero attached hydrogens (tertiary/aromatic N) is 3. The number of aliphatic hydroxyl groups excluding tert-OH is 1. The zero-order valence-corrected chi connectivity index (χ0v) is 15.6. The molecule has 3 atom stereocenters. The van der Waals surface area contributed by atoms with Gasteiger partial charge in [0, 0.05) is 57.9 Å². The minimum Gasteiger partial charge on any atom is -0.389 e. The Labute approximate surface area is 142 Å². The first-order valence-electron chi connectivity index (χ1n) is 9.45. The highest BCUT2D eigenvalue weighted by atomic mass is 16.5. The second-order valence-corrected chi connectivity index (χ2v) is 7.69. The van der Waals surface area contributed by atoms with Crippen molar-refractivity contribution in [2.75, 3.05) is 52.4 Å². The van der Waals surface area contributed by atoms with Crippen molar-refractivity contribution >= 4 is 0 Å². The van der Waals surface area contributed by atoms with Crippen LogP contribution in [0.25, 0.3) is 0 Å². The lowest BCUT2D eigenvalue weighted by atomic mass is 10.2.